The van der Waals surface area contributed by atoms with E-state index >= 15 is 0 Å². The lowest BCUT2D eigenvalue weighted by molar-refractivity contribution is 0.0635. The number of ether oxygens (including phenoxy) is 3. The number of carbonyl (C=O) groups is 1. The van der Waals surface area contributed by atoms with E-state index in [-0.39, 0.29) is 6.79 Å². The molecule has 0 radical (unpaired) electrons. The second-order valence-electron chi connectivity index (χ2n) is 10.6. The third-order valence-electron chi connectivity index (χ3n) is 6.57. The van der Waals surface area contributed by atoms with Crippen molar-refractivity contribution in [3.63, 3.8) is 0 Å². The van der Waals surface area contributed by atoms with Crippen LogP contribution in [0.2, 0.25) is 0 Å². The van der Waals surface area contributed by atoms with Gasteiger partial charge in [-0.25, -0.2) is 19.4 Å². The lowest BCUT2D eigenvalue weighted by Crippen LogP contribution is -2.32. The number of carbonyl (C=O) groups excluding carboxylic acids is 1. The van der Waals surface area contributed by atoms with Crippen molar-refractivity contribution in [1.82, 2.24) is 29.5 Å². The zero-order chi connectivity index (χ0) is 26.3. The van der Waals surface area contributed by atoms with Crippen LogP contribution < -0.4 is 20.5 Å². The van der Waals surface area contributed by atoms with Gasteiger partial charge in [0.05, 0.1) is 17.6 Å². The van der Waals surface area contributed by atoms with Gasteiger partial charge in [0.1, 0.15) is 23.4 Å². The van der Waals surface area contributed by atoms with Crippen molar-refractivity contribution in [3.05, 3.63) is 18.5 Å². The van der Waals surface area contributed by atoms with Crippen LogP contribution in [-0.2, 0) is 11.3 Å². The molecule has 2 aromatic heterocycles. The highest BCUT2D eigenvalue weighted by Gasteiger charge is 2.29. The number of likely N-dealkylation sites (N-methyl/N-ethyl adjacent to an activating group) is 1. The van der Waals surface area contributed by atoms with Gasteiger partial charge >= 0.3 is 6.09 Å². The first-order valence-electron chi connectivity index (χ1n) is 12.4. The summed E-state index contributed by atoms with van der Waals surface area (Å²) in [6.45, 7) is 9.01. The smallest absolute Gasteiger partial charge is 0.412 e. The van der Waals surface area contributed by atoms with Crippen LogP contribution in [-0.4, -0.2) is 87.8 Å². The zero-order valence-electron chi connectivity index (χ0n) is 21.9. The molecule has 0 saturated carbocycles. The van der Waals surface area contributed by atoms with E-state index in [2.05, 4.69) is 39.2 Å². The number of nitrogens with one attached hydrogen (secondary N) is 1. The summed E-state index contributed by atoms with van der Waals surface area (Å²) in [5.41, 5.74) is 8.08. The summed E-state index contributed by atoms with van der Waals surface area (Å²) in [6.07, 6.45) is 2.03. The van der Waals surface area contributed by atoms with Crippen molar-refractivity contribution >= 4 is 28.6 Å². The van der Waals surface area contributed by atoms with Crippen molar-refractivity contribution < 1.29 is 19.0 Å². The van der Waals surface area contributed by atoms with Crippen LogP contribution in [0, 0.1) is 0 Å². The fourth-order valence-electron chi connectivity index (χ4n) is 4.74. The average Bonchev–Trinajstić information content (AvgIpc) is 3.56. The standard InChI is InChI=1S/C25H34N8O4/c1-25(2,3)37-24(34)29-17-7-6-16(20-21(17)36-14-35-20)19-18-22(26)27-13-28-23(18)33(30-19)11-10-32-9-8-15(12-32)31(4)5/h6-7,13,15H,8-12,14H2,1-5H3,(H,29,34)(H2,26,27,28)/t15-/m1/s1. The van der Waals surface area contributed by atoms with Crippen LogP contribution >= 0.6 is 0 Å². The molecule has 0 unspecified atom stereocenters. The Morgan fingerprint density at radius 3 is 2.73 bits per heavy atom. The topological polar surface area (TPSA) is 133 Å². The van der Waals surface area contributed by atoms with Gasteiger partial charge < -0.3 is 24.8 Å². The van der Waals surface area contributed by atoms with Crippen LogP contribution in [0.5, 0.6) is 11.5 Å². The molecule has 3 N–H and O–H groups in total. The normalized spacial score (nSPS) is 17.6. The summed E-state index contributed by atoms with van der Waals surface area (Å²) in [7, 11) is 4.25. The van der Waals surface area contributed by atoms with E-state index in [0.29, 0.717) is 57.9 Å². The van der Waals surface area contributed by atoms with Crippen molar-refractivity contribution in [3.8, 4) is 22.8 Å². The maximum Gasteiger partial charge on any atom is 0.412 e. The Kier molecular flexibility index (Phi) is 6.54. The molecule has 2 aliphatic heterocycles. The minimum Gasteiger partial charge on any atom is -0.453 e. The predicted octanol–water partition coefficient (Wildman–Crippen LogP) is 2.79. The average molecular weight is 511 g/mol. The Labute approximate surface area is 215 Å². The van der Waals surface area contributed by atoms with Crippen molar-refractivity contribution in [2.75, 3.05) is 51.6 Å². The van der Waals surface area contributed by atoms with E-state index in [9.17, 15) is 4.79 Å². The molecule has 1 aromatic carbocycles. The quantitative estimate of drug-likeness (QED) is 0.510. The first kappa shape index (κ1) is 25.0. The Bertz CT molecular complexity index is 1320. The van der Waals surface area contributed by atoms with Crippen LogP contribution in [0.4, 0.5) is 16.3 Å². The lowest BCUT2D eigenvalue weighted by atomic mass is 10.1. The SMILES string of the molecule is CN(C)[C@@H]1CCN(CCn2nc(-c3ccc(NC(=O)OC(C)(C)C)c4c3OCO4)c3c(N)ncnc32)C1. The zero-order valence-corrected chi connectivity index (χ0v) is 21.9. The number of hydrogen-bond donors (Lipinski definition) is 2. The summed E-state index contributed by atoms with van der Waals surface area (Å²) >= 11 is 0. The number of rotatable bonds is 6. The van der Waals surface area contributed by atoms with E-state index in [0.717, 1.165) is 26.1 Å². The molecular weight excluding hydrogens is 476 g/mol. The van der Waals surface area contributed by atoms with Gasteiger partial charge in [-0.15, -0.1) is 0 Å². The molecule has 12 nitrogen and oxygen atoms in total. The maximum atomic E-state index is 12.4. The maximum absolute atomic E-state index is 12.4. The van der Waals surface area contributed by atoms with Gasteiger partial charge in [-0.1, -0.05) is 0 Å². The van der Waals surface area contributed by atoms with Crippen LogP contribution in [0.15, 0.2) is 18.5 Å². The molecule has 5 rings (SSSR count). The van der Waals surface area contributed by atoms with Crippen molar-refractivity contribution in [2.45, 2.75) is 45.4 Å². The fraction of sp³-hybridized carbons (Fsp3) is 0.520. The van der Waals surface area contributed by atoms with Crippen molar-refractivity contribution in [1.29, 1.82) is 0 Å². The minimum atomic E-state index is -0.629. The number of hydrogen-bond acceptors (Lipinski definition) is 10. The third-order valence-corrected chi connectivity index (χ3v) is 6.57. The molecule has 1 amide bonds. The number of nitrogens with two attached hydrogens (primary N) is 1. The molecule has 3 aromatic rings. The summed E-state index contributed by atoms with van der Waals surface area (Å²) in [6, 6.07) is 4.12. The first-order chi connectivity index (χ1) is 17.6. The van der Waals surface area contributed by atoms with Crippen LogP contribution in [0.25, 0.3) is 22.3 Å². The number of amides is 1. The molecule has 2 aliphatic rings. The minimum absolute atomic E-state index is 0.0158. The highest BCUT2D eigenvalue weighted by atomic mass is 16.7. The van der Waals surface area contributed by atoms with Gasteiger partial charge in [0.25, 0.3) is 0 Å². The Hall–Kier alpha value is -3.64. The largest absolute Gasteiger partial charge is 0.453 e. The van der Waals surface area contributed by atoms with Gasteiger partial charge in [-0.3, -0.25) is 10.2 Å². The van der Waals surface area contributed by atoms with E-state index in [1.54, 1.807) is 26.8 Å². The molecular formula is C25H34N8O4. The van der Waals surface area contributed by atoms with Crippen LogP contribution in [0.3, 0.4) is 0 Å². The molecule has 0 bridgehead atoms. The number of nitrogens with zero attached hydrogens (tertiary/aromatic N) is 6. The third kappa shape index (κ3) is 5.12. The van der Waals surface area contributed by atoms with Gasteiger partial charge in [0.15, 0.2) is 17.1 Å². The Morgan fingerprint density at radius 2 is 2.00 bits per heavy atom. The summed E-state index contributed by atoms with van der Waals surface area (Å²) in [5.74, 6) is 1.22. The van der Waals surface area contributed by atoms with E-state index < -0.39 is 11.7 Å². The van der Waals surface area contributed by atoms with Gasteiger partial charge in [-0.05, 0) is 60.0 Å². The first-order valence-corrected chi connectivity index (χ1v) is 12.4. The molecule has 4 heterocycles. The van der Waals surface area contributed by atoms with E-state index in [1.807, 2.05) is 10.7 Å². The highest BCUT2D eigenvalue weighted by Crippen LogP contribution is 2.47. The van der Waals surface area contributed by atoms with E-state index in [4.69, 9.17) is 25.0 Å². The lowest BCUT2D eigenvalue weighted by Gasteiger charge is -2.20. The molecule has 198 valence electrons. The molecule has 1 saturated heterocycles. The number of aromatic nitrogens is 4. The Balaban J connectivity index is 1.45. The van der Waals surface area contributed by atoms with Crippen molar-refractivity contribution in [2.24, 2.45) is 0 Å². The molecule has 12 heteroatoms. The summed E-state index contributed by atoms with van der Waals surface area (Å²) in [4.78, 5) is 25.8. The number of nitrogen functional groups attached to an aromatic ring is 1. The number of anilines is 2. The molecule has 1 atom stereocenters. The van der Waals surface area contributed by atoms with Gasteiger partial charge in [0, 0.05) is 24.7 Å². The molecule has 1 fully saturated rings. The number of fused-ring (bicyclic) bond motifs is 2. The van der Waals surface area contributed by atoms with Crippen LogP contribution in [0.1, 0.15) is 27.2 Å². The second kappa shape index (κ2) is 9.67. The molecule has 37 heavy (non-hydrogen) atoms. The predicted molar refractivity (Wildman–Crippen MR) is 140 cm³/mol. The molecule has 0 aliphatic carbocycles. The second-order valence-corrected chi connectivity index (χ2v) is 10.6. The Morgan fingerprint density at radius 1 is 1.22 bits per heavy atom. The molecule has 0 spiro atoms. The van der Waals surface area contributed by atoms with Gasteiger partial charge in [-0.2, -0.15) is 5.10 Å². The number of likely N-dealkylation sites (tertiary alicyclic amines) is 1. The highest BCUT2D eigenvalue weighted by molar-refractivity contribution is 6.01. The number of benzene rings is 1. The van der Waals surface area contributed by atoms with Gasteiger partial charge in [0.2, 0.25) is 6.79 Å². The monoisotopic (exact) mass is 510 g/mol. The van der Waals surface area contributed by atoms with E-state index in [1.165, 1.54) is 6.33 Å². The summed E-state index contributed by atoms with van der Waals surface area (Å²) in [5, 5.41) is 8.30. The summed E-state index contributed by atoms with van der Waals surface area (Å²) < 4.78 is 18.8. The fourth-order valence-corrected chi connectivity index (χ4v) is 4.74.